The van der Waals surface area contributed by atoms with Gasteiger partial charge in [0.25, 0.3) is 0 Å². The van der Waals surface area contributed by atoms with Crippen molar-refractivity contribution in [2.24, 2.45) is 5.92 Å². The summed E-state index contributed by atoms with van der Waals surface area (Å²) in [6.07, 6.45) is -0.000161. The first-order chi connectivity index (χ1) is 13.5. The molecule has 1 unspecified atom stereocenters. The molecule has 2 aromatic carbocycles. The van der Waals surface area contributed by atoms with Crippen LogP contribution in [0.2, 0.25) is 5.02 Å². The summed E-state index contributed by atoms with van der Waals surface area (Å²) < 4.78 is 16.3. The number of fused-ring (bicyclic) bond motifs is 1. The highest BCUT2D eigenvalue weighted by Crippen LogP contribution is 2.32. The Morgan fingerprint density at radius 2 is 2.11 bits per heavy atom. The van der Waals surface area contributed by atoms with Gasteiger partial charge in [0, 0.05) is 29.6 Å². The van der Waals surface area contributed by atoms with Crippen LogP contribution in [-0.2, 0) is 16.1 Å². The van der Waals surface area contributed by atoms with Crippen LogP contribution in [0.4, 0.5) is 5.69 Å². The normalized spacial score (nSPS) is 15.5. The zero-order valence-electron chi connectivity index (χ0n) is 15.6. The summed E-state index contributed by atoms with van der Waals surface area (Å²) >= 11 is 5.96. The van der Waals surface area contributed by atoms with E-state index < -0.39 is 5.92 Å². The van der Waals surface area contributed by atoms with Gasteiger partial charge < -0.3 is 24.8 Å². The number of anilines is 1. The average Bonchev–Trinajstić information content (AvgIpc) is 2.84. The van der Waals surface area contributed by atoms with Gasteiger partial charge in [-0.15, -0.1) is 0 Å². The minimum absolute atomic E-state index is 0.000161. The summed E-state index contributed by atoms with van der Waals surface area (Å²) in [5, 5.41) is 6.10. The van der Waals surface area contributed by atoms with E-state index in [9.17, 15) is 9.59 Å². The summed E-state index contributed by atoms with van der Waals surface area (Å²) in [5.41, 5.74) is 1.32. The van der Waals surface area contributed by atoms with Crippen LogP contribution in [0.1, 0.15) is 12.0 Å². The summed E-state index contributed by atoms with van der Waals surface area (Å²) in [6.45, 7) is 0.347. The Morgan fingerprint density at radius 3 is 2.86 bits per heavy atom. The van der Waals surface area contributed by atoms with Gasteiger partial charge >= 0.3 is 0 Å². The number of ether oxygens (including phenoxy) is 3. The number of benzene rings is 2. The first kappa shape index (κ1) is 19.8. The van der Waals surface area contributed by atoms with Crippen molar-refractivity contribution in [2.75, 3.05) is 26.1 Å². The molecule has 0 saturated heterocycles. The monoisotopic (exact) mass is 404 g/mol. The highest BCUT2D eigenvalue weighted by Gasteiger charge is 2.27. The molecule has 2 amide bonds. The molecule has 0 aliphatic carbocycles. The molecule has 0 spiro atoms. The lowest BCUT2D eigenvalue weighted by molar-refractivity contribution is -0.128. The molecular formula is C20H21ClN2O5. The van der Waals surface area contributed by atoms with Crippen molar-refractivity contribution in [3.63, 3.8) is 0 Å². The fourth-order valence-electron chi connectivity index (χ4n) is 2.95. The highest BCUT2D eigenvalue weighted by molar-refractivity contribution is 6.30. The van der Waals surface area contributed by atoms with Gasteiger partial charge in [-0.25, -0.2) is 0 Å². The SMILES string of the molecule is COc1cccc(CNC(=O)CC2COc3cc(Cl)ccc3NC2=O)c1OC. The van der Waals surface area contributed by atoms with Crippen molar-refractivity contribution in [1.82, 2.24) is 5.32 Å². The molecule has 7 nitrogen and oxygen atoms in total. The van der Waals surface area contributed by atoms with E-state index in [1.807, 2.05) is 12.1 Å². The van der Waals surface area contributed by atoms with Crippen LogP contribution < -0.4 is 24.8 Å². The molecule has 148 valence electrons. The second-order valence-electron chi connectivity index (χ2n) is 6.27. The third-order valence-corrected chi connectivity index (χ3v) is 4.64. The molecule has 1 atom stereocenters. The van der Waals surface area contributed by atoms with Crippen LogP contribution in [0, 0.1) is 5.92 Å². The van der Waals surface area contributed by atoms with Crippen molar-refractivity contribution in [3.8, 4) is 17.2 Å². The number of methoxy groups -OCH3 is 2. The van der Waals surface area contributed by atoms with E-state index in [4.69, 9.17) is 25.8 Å². The molecule has 3 rings (SSSR count). The van der Waals surface area contributed by atoms with Gasteiger partial charge in [-0.3, -0.25) is 9.59 Å². The molecule has 8 heteroatoms. The van der Waals surface area contributed by atoms with Gasteiger partial charge in [-0.05, 0) is 18.2 Å². The number of rotatable bonds is 6. The van der Waals surface area contributed by atoms with Crippen molar-refractivity contribution >= 4 is 29.1 Å². The average molecular weight is 405 g/mol. The van der Waals surface area contributed by atoms with Crippen LogP contribution in [0.5, 0.6) is 17.2 Å². The van der Waals surface area contributed by atoms with E-state index in [0.717, 1.165) is 5.56 Å². The Kier molecular flexibility index (Phi) is 6.26. The number of hydrogen-bond donors (Lipinski definition) is 2. The number of carbonyl (C=O) groups is 2. The van der Waals surface area contributed by atoms with E-state index in [0.29, 0.717) is 28.0 Å². The van der Waals surface area contributed by atoms with Crippen molar-refractivity contribution < 1.29 is 23.8 Å². The van der Waals surface area contributed by atoms with Gasteiger partial charge in [0.15, 0.2) is 11.5 Å². The van der Waals surface area contributed by atoms with Crippen LogP contribution in [0.25, 0.3) is 0 Å². The third-order valence-electron chi connectivity index (χ3n) is 4.40. The largest absolute Gasteiger partial charge is 0.493 e. The standard InChI is InChI=1S/C20H21ClN2O5/c1-26-16-5-3-4-12(19(16)27-2)10-22-18(24)8-13-11-28-17-9-14(21)6-7-15(17)23-20(13)25/h3-7,9,13H,8,10-11H2,1-2H3,(H,22,24)(H,23,25). The third kappa shape index (κ3) is 4.48. The zero-order valence-corrected chi connectivity index (χ0v) is 16.3. The molecule has 0 aromatic heterocycles. The molecule has 0 bridgehead atoms. The molecule has 1 aliphatic rings. The lowest BCUT2D eigenvalue weighted by Crippen LogP contribution is -2.32. The maximum absolute atomic E-state index is 12.4. The fourth-order valence-corrected chi connectivity index (χ4v) is 3.12. The fraction of sp³-hybridized carbons (Fsp3) is 0.300. The van der Waals surface area contributed by atoms with E-state index in [1.165, 1.54) is 0 Å². The Labute approximate surface area is 167 Å². The van der Waals surface area contributed by atoms with Crippen LogP contribution in [0.15, 0.2) is 36.4 Å². The topological polar surface area (TPSA) is 85.9 Å². The smallest absolute Gasteiger partial charge is 0.231 e. The number of amides is 2. The number of nitrogens with one attached hydrogen (secondary N) is 2. The second-order valence-corrected chi connectivity index (χ2v) is 6.71. The van der Waals surface area contributed by atoms with Gasteiger partial charge in [0.1, 0.15) is 12.4 Å². The van der Waals surface area contributed by atoms with E-state index in [-0.39, 0.29) is 31.4 Å². The van der Waals surface area contributed by atoms with Gasteiger partial charge in [0.2, 0.25) is 11.8 Å². The van der Waals surface area contributed by atoms with Gasteiger partial charge in [0.05, 0.1) is 25.8 Å². The van der Waals surface area contributed by atoms with Gasteiger partial charge in [-0.1, -0.05) is 23.7 Å². The number of hydrogen-bond acceptors (Lipinski definition) is 5. The van der Waals surface area contributed by atoms with Crippen LogP contribution >= 0.6 is 11.6 Å². The maximum Gasteiger partial charge on any atom is 0.231 e. The van der Waals surface area contributed by atoms with Crippen LogP contribution in [0.3, 0.4) is 0 Å². The first-order valence-electron chi connectivity index (χ1n) is 8.71. The van der Waals surface area contributed by atoms with Crippen LogP contribution in [-0.4, -0.2) is 32.6 Å². The quantitative estimate of drug-likeness (QED) is 0.773. The minimum Gasteiger partial charge on any atom is -0.493 e. The summed E-state index contributed by atoms with van der Waals surface area (Å²) in [5.74, 6) is 0.492. The molecule has 28 heavy (non-hydrogen) atoms. The Morgan fingerprint density at radius 1 is 1.29 bits per heavy atom. The molecule has 2 N–H and O–H groups in total. The number of para-hydroxylation sites is 1. The van der Waals surface area contributed by atoms with Gasteiger partial charge in [-0.2, -0.15) is 0 Å². The van der Waals surface area contributed by atoms with E-state index in [1.54, 1.807) is 38.5 Å². The number of carbonyl (C=O) groups excluding carboxylic acids is 2. The molecule has 1 heterocycles. The predicted octanol–water partition coefficient (Wildman–Crippen LogP) is 3.01. The molecule has 0 fully saturated rings. The lowest BCUT2D eigenvalue weighted by atomic mass is 10.1. The molecule has 0 radical (unpaired) electrons. The van der Waals surface area contributed by atoms with Crippen molar-refractivity contribution in [3.05, 3.63) is 47.0 Å². The van der Waals surface area contributed by atoms with E-state index >= 15 is 0 Å². The lowest BCUT2D eigenvalue weighted by Gasteiger charge is -2.15. The predicted molar refractivity (Wildman–Crippen MR) is 105 cm³/mol. The van der Waals surface area contributed by atoms with Crippen molar-refractivity contribution in [1.29, 1.82) is 0 Å². The molecule has 1 aliphatic heterocycles. The summed E-state index contributed by atoms with van der Waals surface area (Å²) in [7, 11) is 3.09. The Bertz CT molecular complexity index is 887. The minimum atomic E-state index is -0.613. The first-order valence-corrected chi connectivity index (χ1v) is 9.09. The highest BCUT2D eigenvalue weighted by atomic mass is 35.5. The molecule has 0 saturated carbocycles. The van der Waals surface area contributed by atoms with E-state index in [2.05, 4.69) is 10.6 Å². The van der Waals surface area contributed by atoms with Crippen molar-refractivity contribution in [2.45, 2.75) is 13.0 Å². The zero-order chi connectivity index (χ0) is 20.1. The summed E-state index contributed by atoms with van der Waals surface area (Å²) in [6, 6.07) is 10.4. The number of halogens is 1. The Balaban J connectivity index is 1.61. The molecular weight excluding hydrogens is 384 g/mol. The second kappa shape index (κ2) is 8.84. The summed E-state index contributed by atoms with van der Waals surface area (Å²) in [4.78, 5) is 24.8. The Hall–Kier alpha value is -2.93. The maximum atomic E-state index is 12.4. The molecule has 2 aromatic rings.